The molecule has 0 spiro atoms. The van der Waals surface area contributed by atoms with Gasteiger partial charge in [0.15, 0.2) is 0 Å². The summed E-state index contributed by atoms with van der Waals surface area (Å²) in [5.74, 6) is -1.10. The molecule has 1 heterocycles. The number of H-pyrrole nitrogens is 1. The van der Waals surface area contributed by atoms with Crippen molar-refractivity contribution >= 4 is 0 Å². The molecule has 72 valence electrons. The predicted molar refractivity (Wildman–Crippen MR) is 37.2 cm³/mol. The molecule has 1 aliphatic rings. The molecule has 3 nitrogen and oxygen atoms in total. The summed E-state index contributed by atoms with van der Waals surface area (Å²) in [6.45, 7) is 0. The molecule has 1 aromatic heterocycles. The number of aromatic nitrogens is 2. The van der Waals surface area contributed by atoms with Crippen LogP contribution in [0, 0.1) is 5.92 Å². The highest BCUT2D eigenvalue weighted by molar-refractivity contribution is 5.08. The highest BCUT2D eigenvalue weighted by Crippen LogP contribution is 2.46. The summed E-state index contributed by atoms with van der Waals surface area (Å²) in [6.07, 6.45) is -3.35. The molecule has 1 saturated carbocycles. The molecule has 13 heavy (non-hydrogen) atoms. The molecule has 2 atom stereocenters. The quantitative estimate of drug-likeness (QED) is 0.774. The lowest BCUT2D eigenvalue weighted by molar-refractivity contribution is -0.153. The van der Waals surface area contributed by atoms with E-state index in [9.17, 15) is 13.2 Å². The molecule has 0 unspecified atom stereocenters. The number of hydrogen-bond donors (Lipinski definition) is 1. The third kappa shape index (κ3) is 1.76. The van der Waals surface area contributed by atoms with E-state index in [0.717, 1.165) is 0 Å². The van der Waals surface area contributed by atoms with E-state index in [1.807, 2.05) is 0 Å². The van der Waals surface area contributed by atoms with Gasteiger partial charge in [0, 0.05) is 12.3 Å². The van der Waals surface area contributed by atoms with Gasteiger partial charge in [-0.2, -0.15) is 13.2 Å². The molecule has 0 radical (unpaired) electrons. The minimum absolute atomic E-state index is 0.0381. The van der Waals surface area contributed by atoms with Crippen molar-refractivity contribution < 1.29 is 17.9 Å². The summed E-state index contributed by atoms with van der Waals surface area (Å²) in [4.78, 5) is 0. The van der Waals surface area contributed by atoms with Crippen LogP contribution in [0.5, 0.6) is 5.88 Å². The zero-order valence-electron chi connectivity index (χ0n) is 6.51. The molecule has 0 aromatic carbocycles. The van der Waals surface area contributed by atoms with Crippen LogP contribution < -0.4 is 4.74 Å². The Morgan fingerprint density at radius 1 is 1.54 bits per heavy atom. The fraction of sp³-hybridized carbons (Fsp3) is 0.571. The van der Waals surface area contributed by atoms with Crippen LogP contribution in [-0.2, 0) is 0 Å². The lowest BCUT2D eigenvalue weighted by Crippen LogP contribution is -2.16. The van der Waals surface area contributed by atoms with Crippen molar-refractivity contribution in [1.29, 1.82) is 0 Å². The Bertz CT molecular complexity index is 282. The molecule has 2 rings (SSSR count). The summed E-state index contributed by atoms with van der Waals surface area (Å²) in [7, 11) is 0. The molecule has 1 aromatic rings. The van der Waals surface area contributed by atoms with E-state index in [-0.39, 0.29) is 12.3 Å². The fourth-order valence-electron chi connectivity index (χ4n) is 1.11. The van der Waals surface area contributed by atoms with Crippen LogP contribution in [-0.4, -0.2) is 22.5 Å². The topological polar surface area (TPSA) is 37.9 Å². The van der Waals surface area contributed by atoms with Crippen LogP contribution >= 0.6 is 0 Å². The van der Waals surface area contributed by atoms with Crippen molar-refractivity contribution in [2.45, 2.75) is 18.7 Å². The summed E-state index contributed by atoms with van der Waals surface area (Å²) in [5.41, 5.74) is 0. The van der Waals surface area contributed by atoms with Gasteiger partial charge >= 0.3 is 6.18 Å². The molecule has 0 bridgehead atoms. The van der Waals surface area contributed by atoms with E-state index < -0.39 is 18.2 Å². The monoisotopic (exact) mass is 192 g/mol. The Labute approximate surface area is 71.9 Å². The zero-order chi connectivity index (χ0) is 9.47. The van der Waals surface area contributed by atoms with Gasteiger partial charge in [-0.3, -0.25) is 5.10 Å². The smallest absolute Gasteiger partial charge is 0.395 e. The Balaban J connectivity index is 1.88. The third-order valence-electron chi connectivity index (χ3n) is 1.90. The van der Waals surface area contributed by atoms with Crippen molar-refractivity contribution in [1.82, 2.24) is 10.2 Å². The first-order valence-electron chi connectivity index (χ1n) is 3.80. The first-order valence-corrected chi connectivity index (χ1v) is 3.80. The minimum atomic E-state index is -4.14. The van der Waals surface area contributed by atoms with Crippen LogP contribution in [0.15, 0.2) is 12.3 Å². The minimum Gasteiger partial charge on any atom is -0.473 e. The number of alkyl halides is 3. The zero-order valence-corrected chi connectivity index (χ0v) is 6.51. The Morgan fingerprint density at radius 3 is 2.77 bits per heavy atom. The van der Waals surface area contributed by atoms with E-state index in [4.69, 9.17) is 4.74 Å². The third-order valence-corrected chi connectivity index (χ3v) is 1.90. The summed E-state index contributed by atoms with van der Waals surface area (Å²) in [6, 6.07) is 1.49. The lowest BCUT2D eigenvalue weighted by atomic mass is 10.4. The van der Waals surface area contributed by atoms with Crippen LogP contribution in [0.25, 0.3) is 0 Å². The van der Waals surface area contributed by atoms with E-state index in [2.05, 4.69) is 10.2 Å². The molecule has 0 aliphatic heterocycles. The van der Waals surface area contributed by atoms with Crippen molar-refractivity contribution in [3.8, 4) is 5.88 Å². The number of nitrogens with zero attached hydrogens (tertiary/aromatic N) is 1. The van der Waals surface area contributed by atoms with Crippen LogP contribution in [0.1, 0.15) is 6.42 Å². The van der Waals surface area contributed by atoms with Crippen molar-refractivity contribution in [3.63, 3.8) is 0 Å². The number of ether oxygens (including phenoxy) is 1. The van der Waals surface area contributed by atoms with Crippen LogP contribution in [0.3, 0.4) is 0 Å². The molecule has 1 N–H and O–H groups in total. The highest BCUT2D eigenvalue weighted by Gasteiger charge is 2.57. The number of rotatable bonds is 2. The molecule has 1 aliphatic carbocycles. The standard InChI is InChI=1S/C7H7F3N2O/c8-7(9,10)4-3-5(4)13-6-1-2-11-12-6/h1-2,4-5H,3H2,(H,11,12)/t4-,5+/m0/s1. The molecular weight excluding hydrogens is 185 g/mol. The molecule has 6 heteroatoms. The van der Waals surface area contributed by atoms with Gasteiger partial charge in [0.2, 0.25) is 5.88 Å². The van der Waals surface area contributed by atoms with Crippen molar-refractivity contribution in [3.05, 3.63) is 12.3 Å². The summed E-state index contributed by atoms with van der Waals surface area (Å²) in [5, 5.41) is 6.06. The van der Waals surface area contributed by atoms with Gasteiger partial charge in [0.05, 0.1) is 5.92 Å². The second-order valence-electron chi connectivity index (χ2n) is 2.95. The first kappa shape index (κ1) is 8.40. The number of aromatic amines is 1. The number of nitrogens with one attached hydrogen (secondary N) is 1. The Kier molecular flexibility index (Phi) is 1.71. The lowest BCUT2D eigenvalue weighted by Gasteiger charge is -2.04. The maximum atomic E-state index is 12.0. The van der Waals surface area contributed by atoms with Gasteiger partial charge in [-0.25, -0.2) is 0 Å². The van der Waals surface area contributed by atoms with Gasteiger partial charge in [-0.05, 0) is 6.42 Å². The molecule has 0 amide bonds. The average molecular weight is 192 g/mol. The molecule has 0 saturated heterocycles. The Hall–Kier alpha value is -1.20. The SMILES string of the molecule is FC(F)(F)[C@H]1C[C@H]1Oc1cc[nH]n1. The first-order chi connectivity index (χ1) is 6.07. The number of halogens is 3. The van der Waals surface area contributed by atoms with Gasteiger partial charge in [0.1, 0.15) is 6.10 Å². The van der Waals surface area contributed by atoms with E-state index >= 15 is 0 Å². The number of hydrogen-bond acceptors (Lipinski definition) is 2. The molecule has 1 fully saturated rings. The normalized spacial score (nSPS) is 27.3. The second kappa shape index (κ2) is 2.65. The maximum Gasteiger partial charge on any atom is 0.395 e. The van der Waals surface area contributed by atoms with Gasteiger partial charge in [0.25, 0.3) is 0 Å². The second-order valence-corrected chi connectivity index (χ2v) is 2.95. The summed E-state index contributed by atoms with van der Waals surface area (Å²) >= 11 is 0. The largest absolute Gasteiger partial charge is 0.473 e. The van der Waals surface area contributed by atoms with Crippen LogP contribution in [0.2, 0.25) is 0 Å². The van der Waals surface area contributed by atoms with Gasteiger partial charge < -0.3 is 4.74 Å². The molecular formula is C7H7F3N2O. The Morgan fingerprint density at radius 2 is 2.31 bits per heavy atom. The van der Waals surface area contributed by atoms with E-state index in [1.54, 1.807) is 0 Å². The van der Waals surface area contributed by atoms with Gasteiger partial charge in [-0.15, -0.1) is 5.10 Å². The highest BCUT2D eigenvalue weighted by atomic mass is 19.4. The van der Waals surface area contributed by atoms with Crippen molar-refractivity contribution in [2.24, 2.45) is 5.92 Å². The van der Waals surface area contributed by atoms with E-state index in [0.29, 0.717) is 0 Å². The van der Waals surface area contributed by atoms with Crippen LogP contribution in [0.4, 0.5) is 13.2 Å². The predicted octanol–water partition coefficient (Wildman–Crippen LogP) is 1.74. The van der Waals surface area contributed by atoms with Gasteiger partial charge in [-0.1, -0.05) is 0 Å². The van der Waals surface area contributed by atoms with Crippen molar-refractivity contribution in [2.75, 3.05) is 0 Å². The maximum absolute atomic E-state index is 12.0. The summed E-state index contributed by atoms with van der Waals surface area (Å²) < 4.78 is 41.0. The fourth-order valence-corrected chi connectivity index (χ4v) is 1.11. The average Bonchev–Trinajstić information content (AvgIpc) is 2.57. The van der Waals surface area contributed by atoms with E-state index in [1.165, 1.54) is 12.3 Å².